The van der Waals surface area contributed by atoms with E-state index in [2.05, 4.69) is 31.2 Å². The summed E-state index contributed by atoms with van der Waals surface area (Å²) in [5.41, 5.74) is 1.03. The van der Waals surface area contributed by atoms with Gasteiger partial charge in [0.2, 0.25) is 0 Å². The fourth-order valence-corrected chi connectivity index (χ4v) is 2.67. The van der Waals surface area contributed by atoms with Gasteiger partial charge in [-0.15, -0.1) is 0 Å². The van der Waals surface area contributed by atoms with Gasteiger partial charge in [-0.3, -0.25) is 9.88 Å². The normalized spacial score (nSPS) is 16.7. The van der Waals surface area contributed by atoms with Crippen molar-refractivity contribution in [3.05, 3.63) is 42.5 Å². The zero-order valence-electron chi connectivity index (χ0n) is 13.2. The van der Waals surface area contributed by atoms with Crippen LogP contribution in [0, 0.1) is 0 Å². The Bertz CT molecular complexity index is 604. The number of pyridine rings is 1. The van der Waals surface area contributed by atoms with Gasteiger partial charge in [0.25, 0.3) is 5.88 Å². The molecule has 1 fully saturated rings. The number of aromatic nitrogens is 3. The maximum atomic E-state index is 5.46. The van der Waals surface area contributed by atoms with Crippen molar-refractivity contribution >= 4 is 5.82 Å². The number of morpholine rings is 1. The average Bonchev–Trinajstić information content (AvgIpc) is 2.64. The molecule has 0 radical (unpaired) electrons. The van der Waals surface area contributed by atoms with Crippen molar-refractivity contribution in [1.29, 1.82) is 0 Å². The molecule has 2 aromatic heterocycles. The predicted octanol–water partition coefficient (Wildman–Crippen LogP) is 1.37. The highest BCUT2D eigenvalue weighted by Gasteiger charge is 2.24. The van der Waals surface area contributed by atoms with Gasteiger partial charge in [-0.2, -0.15) is 0 Å². The molecule has 23 heavy (non-hydrogen) atoms. The lowest BCUT2D eigenvalue weighted by atomic mass is 10.1. The lowest BCUT2D eigenvalue weighted by Crippen LogP contribution is -2.42. The number of anilines is 1. The van der Waals surface area contributed by atoms with E-state index in [0.717, 1.165) is 32.0 Å². The Morgan fingerprint density at radius 2 is 2.00 bits per heavy atom. The van der Waals surface area contributed by atoms with Gasteiger partial charge in [-0.25, -0.2) is 9.97 Å². The van der Waals surface area contributed by atoms with Gasteiger partial charge >= 0.3 is 0 Å². The van der Waals surface area contributed by atoms with Gasteiger partial charge in [-0.05, 0) is 12.1 Å². The topological polar surface area (TPSA) is 72.4 Å². The Balaban J connectivity index is 1.75. The molecule has 3 rings (SSSR count). The molecule has 0 saturated carbocycles. The van der Waals surface area contributed by atoms with Gasteiger partial charge in [0.05, 0.1) is 32.1 Å². The molecule has 2 aromatic rings. The van der Waals surface area contributed by atoms with Crippen molar-refractivity contribution in [1.82, 2.24) is 19.9 Å². The maximum absolute atomic E-state index is 5.46. The van der Waals surface area contributed by atoms with Crippen LogP contribution in [-0.2, 0) is 4.74 Å². The molecule has 1 aliphatic rings. The lowest BCUT2D eigenvalue weighted by molar-refractivity contribution is 0.0179. The third-order valence-electron chi connectivity index (χ3n) is 3.84. The number of hydrogen-bond donors (Lipinski definition) is 1. The van der Waals surface area contributed by atoms with E-state index < -0.39 is 0 Å². The molecular weight excluding hydrogens is 294 g/mol. The number of rotatable bonds is 6. The summed E-state index contributed by atoms with van der Waals surface area (Å²) in [6.45, 7) is 3.95. The minimum atomic E-state index is 0.145. The average molecular weight is 315 g/mol. The molecule has 0 bridgehead atoms. The molecule has 3 heterocycles. The molecule has 7 nitrogen and oxygen atoms in total. The molecule has 0 aliphatic carbocycles. The summed E-state index contributed by atoms with van der Waals surface area (Å²) < 4.78 is 10.7. The summed E-state index contributed by atoms with van der Waals surface area (Å²) in [6.07, 6.45) is 5.09. The van der Waals surface area contributed by atoms with E-state index in [4.69, 9.17) is 9.47 Å². The zero-order chi connectivity index (χ0) is 15.9. The molecule has 1 aliphatic heterocycles. The first-order chi connectivity index (χ1) is 11.4. The number of hydrogen-bond acceptors (Lipinski definition) is 7. The first-order valence-corrected chi connectivity index (χ1v) is 7.70. The highest BCUT2D eigenvalue weighted by atomic mass is 16.5. The van der Waals surface area contributed by atoms with Crippen LogP contribution in [0.5, 0.6) is 5.88 Å². The zero-order valence-corrected chi connectivity index (χ0v) is 13.2. The van der Waals surface area contributed by atoms with Gasteiger partial charge in [0.15, 0.2) is 5.82 Å². The van der Waals surface area contributed by atoms with E-state index in [0.29, 0.717) is 18.2 Å². The number of nitrogens with zero attached hydrogens (tertiary/aromatic N) is 4. The molecule has 1 N–H and O–H groups in total. The van der Waals surface area contributed by atoms with Crippen molar-refractivity contribution in [3.63, 3.8) is 0 Å². The Morgan fingerprint density at radius 1 is 1.17 bits per heavy atom. The second-order valence-electron chi connectivity index (χ2n) is 5.21. The molecule has 122 valence electrons. The Kier molecular flexibility index (Phi) is 5.33. The van der Waals surface area contributed by atoms with Crippen LogP contribution >= 0.6 is 0 Å². The quantitative estimate of drug-likeness (QED) is 0.863. The van der Waals surface area contributed by atoms with Crippen molar-refractivity contribution in [2.75, 3.05) is 45.3 Å². The SMILES string of the molecule is COc1nccnc1NCC(c1ccccn1)N1CCOCC1. The van der Waals surface area contributed by atoms with Gasteiger partial charge in [-0.1, -0.05) is 6.07 Å². The minimum Gasteiger partial charge on any atom is -0.478 e. The van der Waals surface area contributed by atoms with Crippen molar-refractivity contribution in [3.8, 4) is 5.88 Å². The summed E-state index contributed by atoms with van der Waals surface area (Å²) in [5.74, 6) is 1.14. The Labute approximate surface area is 135 Å². The first-order valence-electron chi connectivity index (χ1n) is 7.70. The first kappa shape index (κ1) is 15.6. The van der Waals surface area contributed by atoms with Crippen LogP contribution in [0.1, 0.15) is 11.7 Å². The Hall–Kier alpha value is -2.25. The van der Waals surface area contributed by atoms with E-state index in [1.807, 2.05) is 18.3 Å². The number of methoxy groups -OCH3 is 1. The van der Waals surface area contributed by atoms with Crippen LogP contribution < -0.4 is 10.1 Å². The third-order valence-corrected chi connectivity index (χ3v) is 3.84. The smallest absolute Gasteiger partial charge is 0.257 e. The summed E-state index contributed by atoms with van der Waals surface area (Å²) in [7, 11) is 1.59. The van der Waals surface area contributed by atoms with E-state index in [9.17, 15) is 0 Å². The minimum absolute atomic E-state index is 0.145. The van der Waals surface area contributed by atoms with Crippen molar-refractivity contribution in [2.45, 2.75) is 6.04 Å². The van der Waals surface area contributed by atoms with E-state index in [1.54, 1.807) is 19.5 Å². The van der Waals surface area contributed by atoms with Crippen LogP contribution in [0.25, 0.3) is 0 Å². The molecule has 7 heteroatoms. The van der Waals surface area contributed by atoms with E-state index in [1.165, 1.54) is 0 Å². The highest BCUT2D eigenvalue weighted by molar-refractivity contribution is 5.44. The molecule has 0 amide bonds. The summed E-state index contributed by atoms with van der Waals surface area (Å²) in [5, 5.41) is 3.34. The highest BCUT2D eigenvalue weighted by Crippen LogP contribution is 2.23. The van der Waals surface area contributed by atoms with Crippen molar-refractivity contribution in [2.24, 2.45) is 0 Å². The number of ether oxygens (including phenoxy) is 2. The fourth-order valence-electron chi connectivity index (χ4n) is 2.67. The summed E-state index contributed by atoms with van der Waals surface area (Å²) in [4.78, 5) is 15.4. The van der Waals surface area contributed by atoms with Crippen LogP contribution in [0.4, 0.5) is 5.82 Å². The monoisotopic (exact) mass is 315 g/mol. The molecule has 0 aromatic carbocycles. The number of nitrogens with one attached hydrogen (secondary N) is 1. The largest absolute Gasteiger partial charge is 0.478 e. The van der Waals surface area contributed by atoms with Gasteiger partial charge in [0.1, 0.15) is 0 Å². The second-order valence-corrected chi connectivity index (χ2v) is 5.21. The lowest BCUT2D eigenvalue weighted by Gasteiger charge is -2.34. The maximum Gasteiger partial charge on any atom is 0.257 e. The van der Waals surface area contributed by atoms with Crippen LogP contribution in [-0.4, -0.2) is 59.8 Å². The molecule has 0 spiro atoms. The van der Waals surface area contributed by atoms with Crippen LogP contribution in [0.3, 0.4) is 0 Å². The predicted molar refractivity (Wildman–Crippen MR) is 86.4 cm³/mol. The standard InChI is InChI=1S/C16H21N5O2/c1-22-16-15(18-6-7-19-16)20-12-14(13-4-2-3-5-17-13)21-8-10-23-11-9-21/h2-7,14H,8-12H2,1H3,(H,18,20). The summed E-state index contributed by atoms with van der Waals surface area (Å²) >= 11 is 0. The van der Waals surface area contributed by atoms with Gasteiger partial charge in [0, 0.05) is 38.2 Å². The molecule has 1 saturated heterocycles. The summed E-state index contributed by atoms with van der Waals surface area (Å²) in [6, 6.07) is 6.14. The van der Waals surface area contributed by atoms with E-state index >= 15 is 0 Å². The third kappa shape index (κ3) is 3.94. The molecular formula is C16H21N5O2. The Morgan fingerprint density at radius 3 is 2.74 bits per heavy atom. The fraction of sp³-hybridized carbons (Fsp3) is 0.438. The van der Waals surface area contributed by atoms with Crippen molar-refractivity contribution < 1.29 is 9.47 Å². The molecule has 1 unspecified atom stereocenters. The molecule has 1 atom stereocenters. The van der Waals surface area contributed by atoms with Crippen LogP contribution in [0.15, 0.2) is 36.8 Å². The second kappa shape index (κ2) is 7.85. The van der Waals surface area contributed by atoms with Gasteiger partial charge < -0.3 is 14.8 Å². The van der Waals surface area contributed by atoms with Crippen LogP contribution in [0.2, 0.25) is 0 Å². The van der Waals surface area contributed by atoms with E-state index in [-0.39, 0.29) is 6.04 Å².